The Kier molecular flexibility index (Phi) is 13.7. The molecule has 5 heteroatoms. The summed E-state index contributed by atoms with van der Waals surface area (Å²) in [5, 5.41) is 7.60. The minimum atomic E-state index is -0.981. The molecule has 19 heavy (non-hydrogen) atoms. The maximum atomic E-state index is 11.5. The van der Waals surface area contributed by atoms with Crippen LogP contribution in [0, 0.1) is 0 Å². The van der Waals surface area contributed by atoms with Gasteiger partial charge in [-0.25, -0.2) is 4.79 Å². The summed E-state index contributed by atoms with van der Waals surface area (Å²) < 4.78 is 4.80. The van der Waals surface area contributed by atoms with Gasteiger partial charge in [-0.15, -0.1) is 0 Å². The number of nitrogens with zero attached hydrogens (tertiary/aromatic N) is 1. The third-order valence-electron chi connectivity index (χ3n) is 2.50. The number of carbonyl (C=O) groups excluding carboxylic acids is 1. The highest BCUT2D eigenvalue weighted by molar-refractivity contribution is 5.78. The van der Waals surface area contributed by atoms with E-state index in [0.717, 1.165) is 38.4 Å². The molecule has 1 N–H and O–H groups in total. The van der Waals surface area contributed by atoms with Crippen molar-refractivity contribution >= 4 is 11.9 Å². The molecule has 0 spiro atoms. The number of hydrogen-bond acceptors (Lipinski definition) is 4. The first-order valence-corrected chi connectivity index (χ1v) is 6.65. The molecule has 0 aromatic carbocycles. The van der Waals surface area contributed by atoms with E-state index in [1.165, 1.54) is 7.11 Å². The van der Waals surface area contributed by atoms with Gasteiger partial charge in [0.05, 0.1) is 7.11 Å². The lowest BCUT2D eigenvalue weighted by molar-refractivity contribution is -0.147. The fourth-order valence-corrected chi connectivity index (χ4v) is 1.71. The zero-order valence-corrected chi connectivity index (χ0v) is 12.5. The molecule has 0 amide bonds. The van der Waals surface area contributed by atoms with E-state index in [9.17, 15) is 9.59 Å². The number of hydrogen-bond donors (Lipinski definition) is 1. The maximum Gasteiger partial charge on any atom is 0.327 e. The van der Waals surface area contributed by atoms with Crippen molar-refractivity contribution in [2.45, 2.75) is 46.1 Å². The van der Waals surface area contributed by atoms with Crippen LogP contribution in [-0.4, -0.2) is 48.2 Å². The SMILES string of the molecule is C=CC(=O)O.CCCN(CCC)C(CC)C(=O)OC. The molecule has 0 aliphatic rings. The Hall–Kier alpha value is -1.36. The minimum absolute atomic E-state index is 0.0556. The number of methoxy groups -OCH3 is 1. The molecule has 1 unspecified atom stereocenters. The van der Waals surface area contributed by atoms with Gasteiger partial charge in [0.15, 0.2) is 0 Å². The summed E-state index contributed by atoms with van der Waals surface area (Å²) in [6.07, 6.45) is 3.81. The van der Waals surface area contributed by atoms with Crippen LogP contribution < -0.4 is 0 Å². The summed E-state index contributed by atoms with van der Waals surface area (Å²) in [4.78, 5) is 22.9. The van der Waals surface area contributed by atoms with Crippen molar-refractivity contribution in [3.05, 3.63) is 12.7 Å². The Morgan fingerprint density at radius 2 is 1.68 bits per heavy atom. The zero-order valence-electron chi connectivity index (χ0n) is 12.5. The average Bonchev–Trinajstić information content (AvgIpc) is 2.40. The van der Waals surface area contributed by atoms with E-state index >= 15 is 0 Å². The third kappa shape index (κ3) is 10.3. The number of carboxylic acids is 1. The Balaban J connectivity index is 0. The van der Waals surface area contributed by atoms with Crippen LogP contribution in [0.4, 0.5) is 0 Å². The van der Waals surface area contributed by atoms with Crippen LogP contribution in [0.15, 0.2) is 12.7 Å². The van der Waals surface area contributed by atoms with Gasteiger partial charge in [-0.2, -0.15) is 0 Å². The molecule has 0 aromatic heterocycles. The van der Waals surface area contributed by atoms with Gasteiger partial charge in [-0.1, -0.05) is 27.4 Å². The molecule has 0 aliphatic heterocycles. The van der Waals surface area contributed by atoms with Gasteiger partial charge in [0.25, 0.3) is 0 Å². The molecular formula is C14H27NO4. The Morgan fingerprint density at radius 3 is 1.89 bits per heavy atom. The first-order chi connectivity index (χ1) is 8.98. The fourth-order valence-electron chi connectivity index (χ4n) is 1.71. The van der Waals surface area contributed by atoms with Crippen molar-refractivity contribution in [3.63, 3.8) is 0 Å². The summed E-state index contributed by atoms with van der Waals surface area (Å²) in [6.45, 7) is 11.2. The van der Waals surface area contributed by atoms with E-state index in [0.29, 0.717) is 0 Å². The van der Waals surface area contributed by atoms with E-state index in [-0.39, 0.29) is 12.0 Å². The van der Waals surface area contributed by atoms with E-state index in [4.69, 9.17) is 9.84 Å². The summed E-state index contributed by atoms with van der Waals surface area (Å²) in [5.41, 5.74) is 0. The maximum absolute atomic E-state index is 11.5. The number of carboxylic acid groups (broad SMARTS) is 1. The van der Waals surface area contributed by atoms with Crippen LogP contribution in [-0.2, 0) is 14.3 Å². The lowest BCUT2D eigenvalue weighted by Gasteiger charge is -2.28. The quantitative estimate of drug-likeness (QED) is 0.543. The molecule has 0 radical (unpaired) electrons. The highest BCUT2D eigenvalue weighted by Gasteiger charge is 2.23. The molecule has 0 rings (SSSR count). The van der Waals surface area contributed by atoms with Crippen molar-refractivity contribution < 1.29 is 19.4 Å². The molecule has 0 saturated carbocycles. The lowest BCUT2D eigenvalue weighted by Crippen LogP contribution is -2.42. The molecule has 5 nitrogen and oxygen atoms in total. The van der Waals surface area contributed by atoms with Crippen LogP contribution in [0.2, 0.25) is 0 Å². The lowest BCUT2D eigenvalue weighted by atomic mass is 10.1. The highest BCUT2D eigenvalue weighted by atomic mass is 16.5. The van der Waals surface area contributed by atoms with Gasteiger partial charge < -0.3 is 9.84 Å². The molecule has 0 aliphatic carbocycles. The molecule has 0 saturated heterocycles. The Morgan fingerprint density at radius 1 is 1.26 bits per heavy atom. The predicted octanol–water partition coefficient (Wildman–Crippen LogP) is 2.32. The van der Waals surface area contributed by atoms with E-state index in [1.54, 1.807) is 0 Å². The van der Waals surface area contributed by atoms with Gasteiger partial charge in [-0.05, 0) is 32.4 Å². The number of rotatable bonds is 8. The van der Waals surface area contributed by atoms with Crippen LogP contribution in [0.3, 0.4) is 0 Å². The summed E-state index contributed by atoms with van der Waals surface area (Å²) >= 11 is 0. The normalized spacial score (nSPS) is 11.2. The second-order valence-electron chi connectivity index (χ2n) is 4.03. The largest absolute Gasteiger partial charge is 0.478 e. The number of ether oxygens (including phenoxy) is 1. The topological polar surface area (TPSA) is 66.8 Å². The highest BCUT2D eigenvalue weighted by Crippen LogP contribution is 2.08. The van der Waals surface area contributed by atoms with Crippen molar-refractivity contribution in [2.75, 3.05) is 20.2 Å². The van der Waals surface area contributed by atoms with Crippen LogP contribution in [0.25, 0.3) is 0 Å². The van der Waals surface area contributed by atoms with Crippen molar-refractivity contribution in [1.29, 1.82) is 0 Å². The monoisotopic (exact) mass is 273 g/mol. The van der Waals surface area contributed by atoms with Gasteiger partial charge in [0, 0.05) is 6.08 Å². The molecule has 1 atom stereocenters. The van der Waals surface area contributed by atoms with Crippen LogP contribution >= 0.6 is 0 Å². The van der Waals surface area contributed by atoms with E-state index in [1.807, 2.05) is 6.92 Å². The smallest absolute Gasteiger partial charge is 0.327 e. The molecule has 0 bridgehead atoms. The average molecular weight is 273 g/mol. The Bertz CT molecular complexity index is 260. The van der Waals surface area contributed by atoms with E-state index in [2.05, 4.69) is 25.3 Å². The third-order valence-corrected chi connectivity index (χ3v) is 2.50. The number of aliphatic carboxylic acids is 1. The van der Waals surface area contributed by atoms with E-state index < -0.39 is 5.97 Å². The first kappa shape index (κ1) is 20.0. The molecule has 0 fully saturated rings. The second-order valence-corrected chi connectivity index (χ2v) is 4.03. The first-order valence-electron chi connectivity index (χ1n) is 6.65. The van der Waals surface area contributed by atoms with Crippen molar-refractivity contribution in [2.24, 2.45) is 0 Å². The Labute approximate surface area is 116 Å². The standard InChI is InChI=1S/C11H23NO2.C3H4O2/c1-5-8-12(9-6-2)10(7-3)11(13)14-4;1-2-3(4)5/h10H,5-9H2,1-4H3;2H,1H2,(H,4,5). The molecule has 112 valence electrons. The van der Waals surface area contributed by atoms with Gasteiger partial charge >= 0.3 is 11.9 Å². The summed E-state index contributed by atoms with van der Waals surface area (Å²) in [5.74, 6) is -1.08. The zero-order chi connectivity index (χ0) is 15.3. The van der Waals surface area contributed by atoms with Crippen molar-refractivity contribution in [3.8, 4) is 0 Å². The van der Waals surface area contributed by atoms with Crippen LogP contribution in [0.5, 0.6) is 0 Å². The number of carbonyl (C=O) groups is 2. The van der Waals surface area contributed by atoms with Crippen molar-refractivity contribution in [1.82, 2.24) is 4.90 Å². The number of esters is 1. The molecule has 0 heterocycles. The summed E-state index contributed by atoms with van der Waals surface area (Å²) in [7, 11) is 1.46. The molecular weight excluding hydrogens is 246 g/mol. The minimum Gasteiger partial charge on any atom is -0.478 e. The fraction of sp³-hybridized carbons (Fsp3) is 0.714. The summed E-state index contributed by atoms with van der Waals surface area (Å²) in [6, 6.07) is -0.0556. The van der Waals surface area contributed by atoms with Crippen LogP contribution in [0.1, 0.15) is 40.0 Å². The second kappa shape index (κ2) is 13.1. The van der Waals surface area contributed by atoms with Gasteiger partial charge in [0.1, 0.15) is 6.04 Å². The van der Waals surface area contributed by atoms with Gasteiger partial charge in [0.2, 0.25) is 0 Å². The predicted molar refractivity (Wildman–Crippen MR) is 76.1 cm³/mol. The van der Waals surface area contributed by atoms with Gasteiger partial charge in [-0.3, -0.25) is 9.69 Å². The molecule has 0 aromatic rings.